The first-order chi connectivity index (χ1) is 16.7. The number of carboxylic acid groups (broad SMARTS) is 1. The van der Waals surface area contributed by atoms with Gasteiger partial charge in [-0.3, -0.25) is 4.79 Å². The molecule has 0 saturated heterocycles. The smallest absolute Gasteiger partial charge is 0.416 e. The molecule has 2 radical (unpaired) electrons. The fourth-order valence-corrected chi connectivity index (χ4v) is 5.04. The lowest BCUT2D eigenvalue weighted by Gasteiger charge is -2.29. The molecule has 5 nitrogen and oxygen atoms in total. The first-order valence-corrected chi connectivity index (χ1v) is 12.8. The van der Waals surface area contributed by atoms with Crippen molar-refractivity contribution < 1.29 is 32.6 Å². The number of aliphatic carboxylic acids is 1. The molecule has 3 N–H and O–H groups in total. The Kier molecular flexibility index (Phi) is 11.1. The van der Waals surface area contributed by atoms with E-state index in [2.05, 4.69) is 5.32 Å². The van der Waals surface area contributed by atoms with Crippen molar-refractivity contribution in [2.75, 3.05) is 20.1 Å². The monoisotopic (exact) mass is 526 g/mol. The largest absolute Gasteiger partial charge is 0.481 e. The highest BCUT2D eigenvalue weighted by atomic mass is 28.2. The highest BCUT2D eigenvalue weighted by Gasteiger charge is 2.31. The van der Waals surface area contributed by atoms with Gasteiger partial charge in [-0.1, -0.05) is 18.2 Å². The molecule has 0 aliphatic carbocycles. The number of likely N-dealkylation sites (N-methyl/N-ethyl adjacent to an activating group) is 1. The summed E-state index contributed by atoms with van der Waals surface area (Å²) in [6, 6.07) is 10.1. The summed E-state index contributed by atoms with van der Waals surface area (Å²) < 4.78 is 54.7. The molecule has 198 valence electrons. The first kappa shape index (κ1) is 30.0. The number of alkyl halides is 3. The summed E-state index contributed by atoms with van der Waals surface area (Å²) in [7, 11) is 1.62. The van der Waals surface area contributed by atoms with E-state index in [9.17, 15) is 27.5 Å². The van der Waals surface area contributed by atoms with Crippen LogP contribution in [0.1, 0.15) is 49.8 Å². The molecule has 0 aliphatic heterocycles. The molecule has 0 aromatic heterocycles. The zero-order valence-corrected chi connectivity index (χ0v) is 21.8. The maximum Gasteiger partial charge on any atom is 0.416 e. The molecule has 2 rings (SSSR count). The number of halogens is 4. The van der Waals surface area contributed by atoms with E-state index in [0.29, 0.717) is 17.3 Å². The van der Waals surface area contributed by atoms with Crippen molar-refractivity contribution in [3.05, 3.63) is 65.0 Å². The Bertz CT molecular complexity index is 984. The Morgan fingerprint density at radius 2 is 1.75 bits per heavy atom. The summed E-state index contributed by atoms with van der Waals surface area (Å²) in [5.74, 6) is -1.32. The number of aryl methyl sites for hydroxylation is 2. The molecule has 0 spiro atoms. The fraction of sp³-hybridized carbons (Fsp3) is 0.500. The minimum absolute atomic E-state index is 0.0171. The number of aliphatic hydroxyl groups is 1. The van der Waals surface area contributed by atoms with Gasteiger partial charge < -0.3 is 20.1 Å². The average molecular weight is 527 g/mol. The maximum absolute atomic E-state index is 13.3. The van der Waals surface area contributed by atoms with Crippen LogP contribution in [0, 0.1) is 5.82 Å². The fourth-order valence-electron chi connectivity index (χ4n) is 3.83. The van der Waals surface area contributed by atoms with Gasteiger partial charge in [0.1, 0.15) is 5.82 Å². The maximum atomic E-state index is 13.3. The topological polar surface area (TPSA) is 72.8 Å². The standard InChI is InChI=1S/C26H34F4N2O3Si/c1-25(2,12-4-5-18-6-9-21(27)10-7-18)31-16-22(33)17-32(3)36-23-14-19(8-11-24(34)35)13-20(15-23)26(28,29)30/h6-7,9-10,13-15,22,31,33H,4-5,8,11-12,16-17H2,1-3H3,(H,34,35)/t22-/m1/s1. The number of β-amino-alcohol motifs (C(OH)–C–C–N with tert-alkyl or cyclic N) is 1. The van der Waals surface area contributed by atoms with Crippen molar-refractivity contribution in [2.45, 2.75) is 63.8 Å². The number of hydrogen-bond donors (Lipinski definition) is 3. The number of aliphatic hydroxyl groups excluding tert-OH is 1. The van der Waals surface area contributed by atoms with E-state index in [4.69, 9.17) is 5.11 Å². The van der Waals surface area contributed by atoms with Crippen molar-refractivity contribution in [2.24, 2.45) is 0 Å². The number of carbonyl (C=O) groups is 1. The molecule has 0 fully saturated rings. The van der Waals surface area contributed by atoms with E-state index < -0.39 is 23.8 Å². The Morgan fingerprint density at radius 3 is 2.36 bits per heavy atom. The van der Waals surface area contributed by atoms with Crippen molar-refractivity contribution in [1.82, 2.24) is 9.88 Å². The molecule has 2 aromatic rings. The summed E-state index contributed by atoms with van der Waals surface area (Å²) in [6.45, 7) is 4.66. The third-order valence-electron chi connectivity index (χ3n) is 5.75. The number of nitrogens with one attached hydrogen (secondary N) is 1. The Hall–Kier alpha value is -2.27. The number of hydrogen-bond acceptors (Lipinski definition) is 4. The molecule has 2 aromatic carbocycles. The second-order valence-electron chi connectivity index (χ2n) is 9.70. The Morgan fingerprint density at radius 1 is 1.08 bits per heavy atom. The van der Waals surface area contributed by atoms with Gasteiger partial charge in [-0.25, -0.2) is 4.39 Å². The van der Waals surface area contributed by atoms with Crippen LogP contribution in [-0.4, -0.2) is 62.2 Å². The molecule has 0 amide bonds. The average Bonchev–Trinajstić information content (AvgIpc) is 2.77. The molecular formula is C26H34F4N2O3Si. The lowest BCUT2D eigenvalue weighted by Crippen LogP contribution is -2.47. The normalized spacial score (nSPS) is 13.2. The molecule has 10 heteroatoms. The van der Waals surface area contributed by atoms with E-state index >= 15 is 0 Å². The number of carboxylic acids is 1. The first-order valence-electron chi connectivity index (χ1n) is 11.8. The third kappa shape index (κ3) is 11.2. The van der Waals surface area contributed by atoms with Crippen LogP contribution in [0.5, 0.6) is 0 Å². The van der Waals surface area contributed by atoms with Crippen LogP contribution in [0.25, 0.3) is 0 Å². The van der Waals surface area contributed by atoms with Crippen LogP contribution in [0.2, 0.25) is 0 Å². The second kappa shape index (κ2) is 13.3. The molecular weight excluding hydrogens is 492 g/mol. The molecule has 1 atom stereocenters. The Labute approximate surface area is 212 Å². The summed E-state index contributed by atoms with van der Waals surface area (Å²) in [4.78, 5) is 10.8. The second-order valence-corrected chi connectivity index (χ2v) is 11.3. The summed E-state index contributed by atoms with van der Waals surface area (Å²) in [5.41, 5.74) is 0.358. The lowest BCUT2D eigenvalue weighted by atomic mass is 9.95. The molecule has 0 aliphatic rings. The van der Waals surface area contributed by atoms with Crippen LogP contribution in [0.3, 0.4) is 0 Å². The SMILES string of the molecule is CN(C[C@H](O)CNC(C)(C)CCCc1ccc(F)cc1)[Si]c1cc(CCC(=O)O)cc(C(F)(F)F)c1. The number of nitrogens with zero attached hydrogens (tertiary/aromatic N) is 1. The van der Waals surface area contributed by atoms with Crippen LogP contribution in [0.4, 0.5) is 17.6 Å². The summed E-state index contributed by atoms with van der Waals surface area (Å²) >= 11 is 0. The van der Waals surface area contributed by atoms with Gasteiger partial charge in [-0.05, 0) is 87.2 Å². The van der Waals surface area contributed by atoms with Gasteiger partial charge in [-0.2, -0.15) is 13.2 Å². The van der Waals surface area contributed by atoms with E-state index in [1.165, 1.54) is 12.1 Å². The van der Waals surface area contributed by atoms with Gasteiger partial charge in [0.25, 0.3) is 0 Å². The van der Waals surface area contributed by atoms with Crippen molar-refractivity contribution in [1.29, 1.82) is 0 Å². The van der Waals surface area contributed by atoms with Gasteiger partial charge in [0.2, 0.25) is 0 Å². The summed E-state index contributed by atoms with van der Waals surface area (Å²) in [6.07, 6.45) is -2.92. The third-order valence-corrected chi connectivity index (χ3v) is 6.86. The zero-order valence-electron chi connectivity index (χ0n) is 20.8. The highest BCUT2D eigenvalue weighted by Crippen LogP contribution is 2.29. The quantitative estimate of drug-likeness (QED) is 0.258. The van der Waals surface area contributed by atoms with Gasteiger partial charge in [-0.15, -0.1) is 0 Å². The molecule has 0 unspecified atom stereocenters. The molecule has 0 saturated carbocycles. The highest BCUT2D eigenvalue weighted by molar-refractivity contribution is 6.50. The van der Waals surface area contributed by atoms with Crippen molar-refractivity contribution in [3.63, 3.8) is 0 Å². The van der Waals surface area contributed by atoms with Crippen molar-refractivity contribution in [3.8, 4) is 0 Å². The lowest BCUT2D eigenvalue weighted by molar-refractivity contribution is -0.137. The zero-order chi connectivity index (χ0) is 26.9. The summed E-state index contributed by atoms with van der Waals surface area (Å²) in [5, 5.41) is 23.1. The van der Waals surface area contributed by atoms with Crippen LogP contribution >= 0.6 is 0 Å². The van der Waals surface area contributed by atoms with Crippen LogP contribution in [-0.2, 0) is 23.8 Å². The van der Waals surface area contributed by atoms with E-state index in [-0.39, 0.29) is 40.4 Å². The van der Waals surface area contributed by atoms with Crippen LogP contribution in [0.15, 0.2) is 42.5 Å². The molecule has 36 heavy (non-hydrogen) atoms. The number of benzene rings is 2. The number of rotatable bonds is 14. The van der Waals surface area contributed by atoms with Gasteiger partial charge in [0.15, 0.2) is 9.68 Å². The predicted molar refractivity (Wildman–Crippen MR) is 133 cm³/mol. The van der Waals surface area contributed by atoms with E-state index in [1.54, 1.807) is 29.8 Å². The molecule has 0 bridgehead atoms. The van der Waals surface area contributed by atoms with E-state index in [1.807, 2.05) is 13.8 Å². The van der Waals surface area contributed by atoms with Crippen LogP contribution < -0.4 is 10.5 Å². The minimum atomic E-state index is -4.53. The van der Waals surface area contributed by atoms with E-state index in [0.717, 1.165) is 37.0 Å². The Balaban J connectivity index is 1.85. The van der Waals surface area contributed by atoms with Gasteiger partial charge >= 0.3 is 12.1 Å². The predicted octanol–water partition coefficient (Wildman–Crippen LogP) is 3.79. The van der Waals surface area contributed by atoms with Gasteiger partial charge in [0.05, 0.1) is 11.7 Å². The molecule has 0 heterocycles. The van der Waals surface area contributed by atoms with Crippen molar-refractivity contribution >= 4 is 20.8 Å². The minimum Gasteiger partial charge on any atom is -0.481 e. The van der Waals surface area contributed by atoms with Gasteiger partial charge in [0, 0.05) is 25.0 Å².